The van der Waals surface area contributed by atoms with Crippen molar-refractivity contribution in [3.63, 3.8) is 0 Å². The Bertz CT molecular complexity index is 839. The molecule has 0 aliphatic carbocycles. The van der Waals surface area contributed by atoms with Crippen molar-refractivity contribution < 1.29 is 9.47 Å². The van der Waals surface area contributed by atoms with Gasteiger partial charge in [-0.1, -0.05) is 45.3 Å². The first-order valence-corrected chi connectivity index (χ1v) is 8.48. The van der Waals surface area contributed by atoms with Crippen LogP contribution in [0.4, 0.5) is 5.95 Å². The molecule has 0 saturated heterocycles. The fraction of sp³-hybridized carbons (Fsp3) is 0.235. The van der Waals surface area contributed by atoms with Crippen LogP contribution in [-0.4, -0.2) is 27.7 Å². The number of anilines is 1. The summed E-state index contributed by atoms with van der Waals surface area (Å²) < 4.78 is 12.5. The van der Waals surface area contributed by atoms with Crippen LogP contribution in [0.3, 0.4) is 0 Å². The first-order valence-electron chi connectivity index (χ1n) is 7.69. The maximum Gasteiger partial charge on any atom is 0.263 e. The van der Waals surface area contributed by atoms with Gasteiger partial charge >= 0.3 is 0 Å². The summed E-state index contributed by atoms with van der Waals surface area (Å²) in [7, 11) is 1.63. The molecule has 3 aromatic rings. The summed E-state index contributed by atoms with van der Waals surface area (Å²) in [5, 5.41) is 16.8. The van der Waals surface area contributed by atoms with Crippen LogP contribution in [-0.2, 0) is 13.2 Å². The normalized spacial score (nSPS) is 10.5. The lowest BCUT2D eigenvalue weighted by molar-refractivity contribution is 0.281. The Labute approximate surface area is 153 Å². The number of tetrazole rings is 1. The number of H-pyrrole nitrogens is 1. The summed E-state index contributed by atoms with van der Waals surface area (Å²) >= 11 is 3.58. The van der Waals surface area contributed by atoms with Crippen molar-refractivity contribution in [1.29, 1.82) is 0 Å². The molecule has 25 heavy (non-hydrogen) atoms. The molecule has 2 aromatic carbocycles. The van der Waals surface area contributed by atoms with Crippen LogP contribution >= 0.6 is 15.9 Å². The van der Waals surface area contributed by atoms with Crippen LogP contribution in [0.15, 0.2) is 40.9 Å². The van der Waals surface area contributed by atoms with E-state index < -0.39 is 0 Å². The van der Waals surface area contributed by atoms with Gasteiger partial charge < -0.3 is 14.8 Å². The van der Waals surface area contributed by atoms with Gasteiger partial charge in [0, 0.05) is 16.6 Å². The number of methoxy groups -OCH3 is 1. The topological polar surface area (TPSA) is 85.0 Å². The second kappa shape index (κ2) is 7.98. The third-order valence-electron chi connectivity index (χ3n) is 3.79. The molecule has 0 bridgehead atoms. The number of hydrogen-bond donors (Lipinski definition) is 2. The average molecular weight is 404 g/mol. The van der Waals surface area contributed by atoms with E-state index >= 15 is 0 Å². The largest absolute Gasteiger partial charge is 0.493 e. The first-order chi connectivity index (χ1) is 12.2. The van der Waals surface area contributed by atoms with Crippen molar-refractivity contribution in [1.82, 2.24) is 20.6 Å². The Morgan fingerprint density at radius 3 is 2.76 bits per heavy atom. The quantitative estimate of drug-likeness (QED) is 0.628. The molecule has 0 spiro atoms. The first kappa shape index (κ1) is 17.2. The molecule has 0 saturated carbocycles. The van der Waals surface area contributed by atoms with Crippen molar-refractivity contribution in [3.05, 3.63) is 57.6 Å². The summed E-state index contributed by atoms with van der Waals surface area (Å²) in [5.74, 6) is 1.76. The Morgan fingerprint density at radius 1 is 1.20 bits per heavy atom. The van der Waals surface area contributed by atoms with Gasteiger partial charge in [-0.15, -0.1) is 5.10 Å². The van der Waals surface area contributed by atoms with E-state index in [1.165, 1.54) is 5.56 Å². The number of nitrogens with one attached hydrogen (secondary N) is 2. The zero-order chi connectivity index (χ0) is 17.6. The lowest BCUT2D eigenvalue weighted by Crippen LogP contribution is -2.07. The Balaban J connectivity index is 1.84. The summed E-state index contributed by atoms with van der Waals surface area (Å²) in [6, 6.07) is 11.9. The highest BCUT2D eigenvalue weighted by molar-refractivity contribution is 9.10. The molecule has 0 unspecified atom stereocenters. The number of rotatable bonds is 7. The Kier molecular flexibility index (Phi) is 5.49. The number of halogens is 1. The monoisotopic (exact) mass is 403 g/mol. The Morgan fingerprint density at radius 2 is 2.04 bits per heavy atom. The number of aromatic amines is 1. The number of aromatic nitrogens is 4. The molecule has 8 heteroatoms. The van der Waals surface area contributed by atoms with Crippen LogP contribution < -0.4 is 14.8 Å². The number of nitrogens with zero attached hydrogens (tertiary/aromatic N) is 3. The van der Waals surface area contributed by atoms with Crippen molar-refractivity contribution in [3.8, 4) is 11.5 Å². The summed E-state index contributed by atoms with van der Waals surface area (Å²) in [6.07, 6.45) is 0. The van der Waals surface area contributed by atoms with Gasteiger partial charge in [-0.25, -0.2) is 0 Å². The third-order valence-corrected chi connectivity index (χ3v) is 4.53. The van der Waals surface area contributed by atoms with Crippen LogP contribution in [0.5, 0.6) is 11.5 Å². The molecule has 3 rings (SSSR count). The van der Waals surface area contributed by atoms with Crippen LogP contribution in [0.25, 0.3) is 0 Å². The Hall–Kier alpha value is -2.61. The molecule has 0 aliphatic heterocycles. The zero-order valence-corrected chi connectivity index (χ0v) is 15.5. The number of hydrogen-bond acceptors (Lipinski definition) is 6. The van der Waals surface area contributed by atoms with E-state index in [0.717, 1.165) is 15.6 Å². The fourth-order valence-corrected chi connectivity index (χ4v) is 2.84. The van der Waals surface area contributed by atoms with E-state index in [-0.39, 0.29) is 0 Å². The van der Waals surface area contributed by atoms with Gasteiger partial charge in [0.1, 0.15) is 6.61 Å². The second-order valence-electron chi connectivity index (χ2n) is 5.36. The molecule has 0 atom stereocenters. The highest BCUT2D eigenvalue weighted by Gasteiger charge is 2.16. The van der Waals surface area contributed by atoms with Gasteiger partial charge in [0.15, 0.2) is 11.5 Å². The van der Waals surface area contributed by atoms with Gasteiger partial charge in [0.05, 0.1) is 7.11 Å². The fourth-order valence-electron chi connectivity index (χ4n) is 2.39. The van der Waals surface area contributed by atoms with Crippen molar-refractivity contribution in [2.45, 2.75) is 20.1 Å². The number of benzene rings is 2. The zero-order valence-electron chi connectivity index (χ0n) is 13.9. The molecule has 0 radical (unpaired) electrons. The number of ether oxygens (including phenoxy) is 2. The SMILES string of the molecule is COc1ccc(Br)c(CNc2nn[nH]n2)c1OCc1ccccc1C. The molecule has 2 N–H and O–H groups in total. The average Bonchev–Trinajstić information content (AvgIpc) is 3.14. The predicted molar refractivity (Wildman–Crippen MR) is 97.7 cm³/mol. The molecule has 0 fully saturated rings. The van der Waals surface area contributed by atoms with E-state index in [4.69, 9.17) is 9.47 Å². The molecule has 7 nitrogen and oxygen atoms in total. The van der Waals surface area contributed by atoms with Crippen molar-refractivity contribution in [2.75, 3.05) is 12.4 Å². The second-order valence-corrected chi connectivity index (χ2v) is 6.22. The van der Waals surface area contributed by atoms with Gasteiger partial charge in [-0.2, -0.15) is 5.21 Å². The number of aryl methyl sites for hydroxylation is 1. The summed E-state index contributed by atoms with van der Waals surface area (Å²) in [5.41, 5.74) is 3.22. The molecule has 1 heterocycles. The smallest absolute Gasteiger partial charge is 0.263 e. The highest BCUT2D eigenvalue weighted by Crippen LogP contribution is 2.37. The highest BCUT2D eigenvalue weighted by atomic mass is 79.9. The maximum absolute atomic E-state index is 6.12. The van der Waals surface area contributed by atoms with Crippen molar-refractivity contribution >= 4 is 21.9 Å². The molecule has 1 aromatic heterocycles. The van der Waals surface area contributed by atoms with E-state index in [2.05, 4.69) is 60.9 Å². The van der Waals surface area contributed by atoms with E-state index in [9.17, 15) is 0 Å². The molecule has 0 amide bonds. The van der Waals surface area contributed by atoms with E-state index in [1.54, 1.807) is 7.11 Å². The predicted octanol–water partition coefficient (Wildman–Crippen LogP) is 3.47. The minimum atomic E-state index is 0.416. The van der Waals surface area contributed by atoms with Gasteiger partial charge in [-0.3, -0.25) is 0 Å². The van der Waals surface area contributed by atoms with Crippen LogP contribution in [0, 0.1) is 6.92 Å². The third kappa shape index (κ3) is 4.08. The molecular formula is C17H18BrN5O2. The van der Waals surface area contributed by atoms with Gasteiger partial charge in [0.25, 0.3) is 5.95 Å². The lowest BCUT2D eigenvalue weighted by atomic mass is 10.1. The van der Waals surface area contributed by atoms with Crippen LogP contribution in [0.1, 0.15) is 16.7 Å². The van der Waals surface area contributed by atoms with E-state index in [0.29, 0.717) is 30.6 Å². The van der Waals surface area contributed by atoms with Crippen molar-refractivity contribution in [2.24, 2.45) is 0 Å². The van der Waals surface area contributed by atoms with Gasteiger partial charge in [-0.05, 0) is 35.4 Å². The lowest BCUT2D eigenvalue weighted by Gasteiger charge is -2.17. The molecule has 130 valence electrons. The standard InChI is InChI=1S/C17H18BrN5O2/c1-11-5-3-4-6-12(11)10-25-16-13(9-19-17-20-22-23-21-17)14(18)7-8-15(16)24-2/h3-8H,9-10H2,1-2H3,(H2,19,20,21,22,23). The summed E-state index contributed by atoms with van der Waals surface area (Å²) in [6.45, 7) is 2.98. The maximum atomic E-state index is 6.12. The van der Waals surface area contributed by atoms with Gasteiger partial charge in [0.2, 0.25) is 0 Å². The summed E-state index contributed by atoms with van der Waals surface area (Å²) in [4.78, 5) is 0. The molecular weight excluding hydrogens is 386 g/mol. The minimum Gasteiger partial charge on any atom is -0.493 e. The molecule has 0 aliphatic rings. The minimum absolute atomic E-state index is 0.416. The van der Waals surface area contributed by atoms with E-state index in [1.807, 2.05) is 24.3 Å². The van der Waals surface area contributed by atoms with Crippen LogP contribution in [0.2, 0.25) is 0 Å².